The lowest BCUT2D eigenvalue weighted by molar-refractivity contribution is -0.132. The van der Waals surface area contributed by atoms with E-state index in [1.165, 1.54) is 0 Å². The van der Waals surface area contributed by atoms with Crippen molar-refractivity contribution in [3.8, 4) is 34.3 Å². The van der Waals surface area contributed by atoms with Crippen LogP contribution in [0.15, 0.2) is 65.2 Å². The van der Waals surface area contributed by atoms with Crippen LogP contribution in [-0.4, -0.2) is 68.0 Å². The molecule has 0 bridgehead atoms. The number of nitrogens with two attached hydrogens (primary N) is 1. The number of rotatable bonds is 5. The zero-order valence-electron chi connectivity index (χ0n) is 23.7. The van der Waals surface area contributed by atoms with Crippen molar-refractivity contribution in [3.63, 3.8) is 0 Å². The van der Waals surface area contributed by atoms with Crippen molar-refractivity contribution in [2.75, 3.05) is 31.9 Å². The van der Waals surface area contributed by atoms with Crippen molar-refractivity contribution < 1.29 is 14.0 Å². The summed E-state index contributed by atoms with van der Waals surface area (Å²) in [6.07, 6.45) is 2.83. The first-order valence-electron chi connectivity index (χ1n) is 13.4. The number of carbonyl (C=O) groups excluding carboxylic acids is 2. The highest BCUT2D eigenvalue weighted by Crippen LogP contribution is 2.28. The van der Waals surface area contributed by atoms with Gasteiger partial charge >= 0.3 is 0 Å². The van der Waals surface area contributed by atoms with E-state index in [1.807, 2.05) is 52.3 Å². The lowest BCUT2D eigenvalue weighted by Gasteiger charge is -2.25. The van der Waals surface area contributed by atoms with Gasteiger partial charge in [-0.25, -0.2) is 9.97 Å². The van der Waals surface area contributed by atoms with Crippen LogP contribution < -0.4 is 11.9 Å². The van der Waals surface area contributed by atoms with Crippen LogP contribution in [0.3, 0.4) is 0 Å². The van der Waals surface area contributed by atoms with Crippen LogP contribution in [0.2, 0.25) is 0 Å². The van der Waals surface area contributed by atoms with Gasteiger partial charge in [0.1, 0.15) is 0 Å². The van der Waals surface area contributed by atoms with E-state index >= 15 is 0 Å². The van der Waals surface area contributed by atoms with E-state index in [2.05, 4.69) is 40.9 Å². The molecule has 1 aliphatic rings. The fourth-order valence-corrected chi connectivity index (χ4v) is 4.61. The van der Waals surface area contributed by atoms with Gasteiger partial charge in [0, 0.05) is 49.3 Å². The average Bonchev–Trinajstić information content (AvgIpc) is 3.30. The van der Waals surface area contributed by atoms with Gasteiger partial charge in [0.2, 0.25) is 11.8 Å². The number of nitrogen functional groups attached to an aromatic ring is 1. The third-order valence-corrected chi connectivity index (χ3v) is 6.69. The molecule has 3 heterocycles. The van der Waals surface area contributed by atoms with Gasteiger partial charge < -0.3 is 26.1 Å². The molecule has 2 aromatic carbocycles. The zero-order valence-corrected chi connectivity index (χ0v) is 23.7. The molecule has 4 aromatic rings. The Morgan fingerprint density at radius 3 is 2.24 bits per heavy atom. The summed E-state index contributed by atoms with van der Waals surface area (Å²) in [6.45, 7) is 8.52. The Hall–Kier alpha value is -4.64. The van der Waals surface area contributed by atoms with E-state index in [-0.39, 0.29) is 35.1 Å². The summed E-state index contributed by atoms with van der Waals surface area (Å²) < 4.78 is 5.82. The molecular formula is C30H36N8O3. The molecule has 5 N–H and O–H groups in total. The predicted octanol–water partition coefficient (Wildman–Crippen LogP) is 4.72. The molecule has 0 saturated carbocycles. The SMILES string of the molecule is CC(C)(C)CC(=O)N1CCCN(C(=O)c2ccc(-c3cnc(N)c(-c4nnc(-c5ccccc5)o4)n3)cc2)CC1.N. The maximum Gasteiger partial charge on any atom is 0.270 e. The van der Waals surface area contributed by atoms with Crippen LogP contribution in [0.1, 0.15) is 44.0 Å². The molecule has 1 saturated heterocycles. The minimum absolute atomic E-state index is 0. The Morgan fingerprint density at radius 1 is 0.878 bits per heavy atom. The number of carbonyl (C=O) groups is 2. The molecule has 0 spiro atoms. The van der Waals surface area contributed by atoms with Crippen LogP contribution in [0.25, 0.3) is 34.3 Å². The summed E-state index contributed by atoms with van der Waals surface area (Å²) in [7, 11) is 0. The quantitative estimate of drug-likeness (QED) is 0.354. The van der Waals surface area contributed by atoms with Crippen LogP contribution in [0.5, 0.6) is 0 Å². The fourth-order valence-electron chi connectivity index (χ4n) is 4.61. The predicted molar refractivity (Wildman–Crippen MR) is 157 cm³/mol. The summed E-state index contributed by atoms with van der Waals surface area (Å²) in [4.78, 5) is 38.5. The molecule has 0 aliphatic carbocycles. The Balaban J connectivity index is 0.00000387. The van der Waals surface area contributed by atoms with Crippen LogP contribution in [-0.2, 0) is 4.79 Å². The molecule has 0 atom stereocenters. The van der Waals surface area contributed by atoms with Crippen molar-refractivity contribution in [1.29, 1.82) is 0 Å². The van der Waals surface area contributed by atoms with E-state index in [1.54, 1.807) is 18.3 Å². The standard InChI is InChI=1S/C30H33N7O3.H3N/c1-30(2,3)18-24(38)36-14-7-15-37(17-16-36)29(39)22-12-10-20(11-13-22)23-19-32-26(31)25(33-23)28-35-34-27(40-28)21-8-5-4-6-9-21;/h4-6,8-13,19H,7,14-18H2,1-3H3,(H2,31,32);1H3. The molecule has 0 unspecified atom stereocenters. The van der Waals surface area contributed by atoms with Crippen molar-refractivity contribution in [3.05, 3.63) is 66.4 Å². The Kier molecular flexibility index (Phi) is 8.77. The lowest BCUT2D eigenvalue weighted by atomic mass is 9.91. The Bertz CT molecular complexity index is 1500. The number of anilines is 1. The highest BCUT2D eigenvalue weighted by molar-refractivity contribution is 5.94. The number of hydrogen-bond acceptors (Lipinski definition) is 9. The topological polar surface area (TPSA) is 166 Å². The number of hydrogen-bond donors (Lipinski definition) is 2. The van der Waals surface area contributed by atoms with E-state index < -0.39 is 0 Å². The second-order valence-electron chi connectivity index (χ2n) is 11.1. The van der Waals surface area contributed by atoms with Crippen molar-refractivity contribution in [2.24, 2.45) is 5.41 Å². The van der Waals surface area contributed by atoms with Gasteiger partial charge in [-0.05, 0) is 36.1 Å². The monoisotopic (exact) mass is 556 g/mol. The van der Waals surface area contributed by atoms with Crippen molar-refractivity contribution >= 4 is 17.6 Å². The molecule has 11 nitrogen and oxygen atoms in total. The summed E-state index contributed by atoms with van der Waals surface area (Å²) in [5, 5.41) is 8.23. The summed E-state index contributed by atoms with van der Waals surface area (Å²) in [6, 6.07) is 16.7. The van der Waals surface area contributed by atoms with Gasteiger partial charge in [0.05, 0.1) is 11.9 Å². The van der Waals surface area contributed by atoms with E-state index in [0.717, 1.165) is 17.5 Å². The minimum atomic E-state index is -0.0628. The molecule has 2 amide bonds. The second-order valence-corrected chi connectivity index (χ2v) is 11.1. The number of benzene rings is 2. The van der Waals surface area contributed by atoms with Gasteiger partial charge in [-0.15, -0.1) is 10.2 Å². The molecule has 5 rings (SSSR count). The second kappa shape index (κ2) is 12.3. The maximum absolute atomic E-state index is 13.3. The summed E-state index contributed by atoms with van der Waals surface area (Å²) in [5.41, 5.74) is 9.01. The highest BCUT2D eigenvalue weighted by atomic mass is 16.4. The molecular weight excluding hydrogens is 520 g/mol. The number of aromatic nitrogens is 4. The summed E-state index contributed by atoms with van der Waals surface area (Å²) >= 11 is 0. The zero-order chi connectivity index (χ0) is 28.3. The Labute approximate surface area is 239 Å². The smallest absolute Gasteiger partial charge is 0.270 e. The van der Waals surface area contributed by atoms with E-state index in [0.29, 0.717) is 55.4 Å². The van der Waals surface area contributed by atoms with Gasteiger partial charge in [-0.3, -0.25) is 9.59 Å². The van der Waals surface area contributed by atoms with Gasteiger partial charge in [-0.1, -0.05) is 51.1 Å². The van der Waals surface area contributed by atoms with Crippen molar-refractivity contribution in [1.82, 2.24) is 36.1 Å². The van der Waals surface area contributed by atoms with E-state index in [9.17, 15) is 9.59 Å². The average molecular weight is 557 g/mol. The normalized spacial score (nSPS) is 13.8. The molecule has 1 fully saturated rings. The summed E-state index contributed by atoms with van der Waals surface area (Å²) in [5.74, 6) is 0.802. The van der Waals surface area contributed by atoms with Crippen LogP contribution in [0.4, 0.5) is 5.82 Å². The molecule has 1 aliphatic heterocycles. The third kappa shape index (κ3) is 6.93. The largest absolute Gasteiger partial charge is 0.414 e. The number of nitrogens with zero attached hydrogens (tertiary/aromatic N) is 6. The van der Waals surface area contributed by atoms with Gasteiger partial charge in [0.25, 0.3) is 11.8 Å². The van der Waals surface area contributed by atoms with Gasteiger partial charge in [-0.2, -0.15) is 0 Å². The maximum atomic E-state index is 13.3. The van der Waals surface area contributed by atoms with Crippen molar-refractivity contribution in [2.45, 2.75) is 33.6 Å². The van der Waals surface area contributed by atoms with Crippen LogP contribution in [0, 0.1) is 5.41 Å². The first kappa shape index (κ1) is 29.3. The Morgan fingerprint density at radius 2 is 1.54 bits per heavy atom. The molecule has 11 heteroatoms. The lowest BCUT2D eigenvalue weighted by Crippen LogP contribution is -2.38. The molecule has 2 aromatic heterocycles. The highest BCUT2D eigenvalue weighted by Gasteiger charge is 2.25. The van der Waals surface area contributed by atoms with E-state index in [4.69, 9.17) is 10.2 Å². The fraction of sp³-hybridized carbons (Fsp3) is 0.333. The minimum Gasteiger partial charge on any atom is -0.414 e. The number of amides is 2. The first-order chi connectivity index (χ1) is 19.2. The van der Waals surface area contributed by atoms with Crippen LogP contribution >= 0.6 is 0 Å². The molecule has 214 valence electrons. The van der Waals surface area contributed by atoms with Gasteiger partial charge in [0.15, 0.2) is 11.5 Å². The molecule has 0 radical (unpaired) electrons. The third-order valence-electron chi connectivity index (χ3n) is 6.69. The first-order valence-corrected chi connectivity index (χ1v) is 13.4. The molecule has 41 heavy (non-hydrogen) atoms.